The molecule has 0 aromatic heterocycles. The molecule has 152 valence electrons. The van der Waals surface area contributed by atoms with E-state index in [2.05, 4.69) is 0 Å². The summed E-state index contributed by atoms with van der Waals surface area (Å²) < 4.78 is 44.9. The minimum Gasteiger partial charge on any atom is -0.462 e. The van der Waals surface area contributed by atoms with Crippen LogP contribution in [0.5, 0.6) is 0 Å². The van der Waals surface area contributed by atoms with Crippen molar-refractivity contribution in [1.29, 1.82) is 0 Å². The van der Waals surface area contributed by atoms with Crippen LogP contribution in [0.15, 0.2) is 12.2 Å². The standard InChI is InChI=1S/C20H28F2O5/c1-2-3-9-20(21,22)17(23)8-7-13-14-11-18(24)26-16(14)12-15(13)27-19-6-4-5-10-25-19/h7-8,13-16,19H,2-6,9-12H2,1H3/t13-,14?,15-,16+,19?/m1/s1. The summed E-state index contributed by atoms with van der Waals surface area (Å²) >= 11 is 0. The highest BCUT2D eigenvalue weighted by atomic mass is 19.3. The van der Waals surface area contributed by atoms with Gasteiger partial charge in [-0.05, 0) is 31.8 Å². The Bertz CT molecular complexity index is 571. The topological polar surface area (TPSA) is 61.8 Å². The monoisotopic (exact) mass is 386 g/mol. The van der Waals surface area contributed by atoms with Crippen LogP contribution in [0.1, 0.15) is 58.3 Å². The van der Waals surface area contributed by atoms with Crippen molar-refractivity contribution in [3.05, 3.63) is 12.2 Å². The van der Waals surface area contributed by atoms with Crippen molar-refractivity contribution in [3.8, 4) is 0 Å². The van der Waals surface area contributed by atoms with Crippen LogP contribution < -0.4 is 0 Å². The summed E-state index contributed by atoms with van der Waals surface area (Å²) in [5, 5.41) is 0. The Labute approximate surface area is 158 Å². The third kappa shape index (κ3) is 4.93. The van der Waals surface area contributed by atoms with Gasteiger partial charge in [-0.2, -0.15) is 8.78 Å². The van der Waals surface area contributed by atoms with Crippen molar-refractivity contribution in [2.24, 2.45) is 11.8 Å². The molecule has 0 N–H and O–H groups in total. The second-order valence-corrected chi connectivity index (χ2v) is 7.71. The first-order chi connectivity index (χ1) is 12.9. The molecule has 27 heavy (non-hydrogen) atoms. The first-order valence-electron chi connectivity index (χ1n) is 9.97. The van der Waals surface area contributed by atoms with E-state index >= 15 is 0 Å². The van der Waals surface area contributed by atoms with Crippen molar-refractivity contribution in [1.82, 2.24) is 0 Å². The number of hydrogen-bond acceptors (Lipinski definition) is 5. The first kappa shape index (κ1) is 20.4. The molecule has 2 heterocycles. The van der Waals surface area contributed by atoms with Gasteiger partial charge in [0, 0.05) is 31.3 Å². The van der Waals surface area contributed by atoms with E-state index < -0.39 is 18.1 Å². The number of esters is 1. The molecule has 0 aromatic carbocycles. The number of ether oxygens (including phenoxy) is 3. The molecule has 3 fully saturated rings. The molecule has 1 aliphatic carbocycles. The third-order valence-electron chi connectivity index (χ3n) is 5.69. The summed E-state index contributed by atoms with van der Waals surface area (Å²) in [5.41, 5.74) is 0. The van der Waals surface area contributed by atoms with Gasteiger partial charge in [-0.25, -0.2) is 0 Å². The predicted molar refractivity (Wildman–Crippen MR) is 93.2 cm³/mol. The van der Waals surface area contributed by atoms with Crippen LogP contribution in [0.2, 0.25) is 0 Å². The van der Waals surface area contributed by atoms with Gasteiger partial charge in [0.2, 0.25) is 5.78 Å². The fraction of sp³-hybridized carbons (Fsp3) is 0.800. The van der Waals surface area contributed by atoms with Crippen LogP contribution in [0.3, 0.4) is 0 Å². The van der Waals surface area contributed by atoms with Gasteiger partial charge < -0.3 is 14.2 Å². The zero-order valence-corrected chi connectivity index (χ0v) is 15.7. The van der Waals surface area contributed by atoms with E-state index in [9.17, 15) is 18.4 Å². The molecule has 7 heteroatoms. The predicted octanol–water partition coefficient (Wildman–Crippen LogP) is 3.80. The first-order valence-corrected chi connectivity index (χ1v) is 9.97. The Morgan fingerprint density at radius 2 is 2.19 bits per heavy atom. The maximum atomic E-state index is 13.9. The smallest absolute Gasteiger partial charge is 0.309 e. The van der Waals surface area contributed by atoms with Crippen molar-refractivity contribution >= 4 is 11.8 Å². The Hall–Kier alpha value is -1.34. The number of fused-ring (bicyclic) bond motifs is 1. The van der Waals surface area contributed by atoms with Gasteiger partial charge in [-0.3, -0.25) is 9.59 Å². The molecule has 0 radical (unpaired) electrons. The molecule has 0 amide bonds. The lowest BCUT2D eigenvalue weighted by molar-refractivity contribution is -0.194. The number of hydrogen-bond donors (Lipinski definition) is 0. The molecule has 1 saturated carbocycles. The molecule has 2 unspecified atom stereocenters. The van der Waals surface area contributed by atoms with E-state index in [4.69, 9.17) is 14.2 Å². The zero-order chi connectivity index (χ0) is 19.4. The van der Waals surface area contributed by atoms with Crippen LogP contribution in [-0.4, -0.2) is 42.8 Å². The van der Waals surface area contributed by atoms with Crippen LogP contribution in [0.4, 0.5) is 8.78 Å². The number of unbranched alkanes of at least 4 members (excludes halogenated alkanes) is 1. The Morgan fingerprint density at radius 3 is 2.89 bits per heavy atom. The second-order valence-electron chi connectivity index (χ2n) is 7.71. The highest BCUT2D eigenvalue weighted by Crippen LogP contribution is 2.44. The lowest BCUT2D eigenvalue weighted by Crippen LogP contribution is -2.31. The molecule has 0 aromatic rings. The van der Waals surface area contributed by atoms with E-state index in [-0.39, 0.29) is 42.7 Å². The van der Waals surface area contributed by atoms with Crippen molar-refractivity contribution in [2.75, 3.05) is 6.61 Å². The quantitative estimate of drug-likeness (QED) is 0.469. The fourth-order valence-corrected chi connectivity index (χ4v) is 4.17. The van der Waals surface area contributed by atoms with E-state index in [0.29, 0.717) is 25.9 Å². The number of ketones is 1. The van der Waals surface area contributed by atoms with E-state index in [0.717, 1.165) is 25.3 Å². The van der Waals surface area contributed by atoms with Crippen LogP contribution >= 0.6 is 0 Å². The van der Waals surface area contributed by atoms with Gasteiger partial charge in [0.15, 0.2) is 6.29 Å². The Morgan fingerprint density at radius 1 is 1.37 bits per heavy atom. The summed E-state index contributed by atoms with van der Waals surface area (Å²) in [5.74, 6) is -5.26. The van der Waals surface area contributed by atoms with Crippen molar-refractivity contribution < 1.29 is 32.6 Å². The lowest BCUT2D eigenvalue weighted by atomic mass is 9.91. The van der Waals surface area contributed by atoms with Gasteiger partial charge in [0.25, 0.3) is 0 Å². The minimum atomic E-state index is -3.35. The zero-order valence-electron chi connectivity index (χ0n) is 15.7. The van der Waals surface area contributed by atoms with Crippen LogP contribution in [0.25, 0.3) is 0 Å². The van der Waals surface area contributed by atoms with Crippen LogP contribution in [0, 0.1) is 11.8 Å². The van der Waals surface area contributed by atoms with Gasteiger partial charge in [0.1, 0.15) is 6.10 Å². The van der Waals surface area contributed by atoms with Crippen molar-refractivity contribution in [2.45, 2.75) is 82.7 Å². The minimum absolute atomic E-state index is 0.139. The summed E-state index contributed by atoms with van der Waals surface area (Å²) in [6, 6.07) is 0. The molecule has 0 spiro atoms. The molecule has 5 atom stereocenters. The fourth-order valence-electron chi connectivity index (χ4n) is 4.17. The SMILES string of the molecule is CCCCC(F)(F)C(=O)C=C[C@@H]1C2CC(=O)O[C@H]2C[C@H]1OC1CCCCO1. The van der Waals surface area contributed by atoms with Gasteiger partial charge in [-0.1, -0.05) is 19.4 Å². The maximum Gasteiger partial charge on any atom is 0.309 e. The molecule has 0 bridgehead atoms. The molecule has 3 aliphatic rings. The van der Waals surface area contributed by atoms with Gasteiger partial charge in [0.05, 0.1) is 12.5 Å². The van der Waals surface area contributed by atoms with Gasteiger partial charge >= 0.3 is 11.9 Å². The van der Waals surface area contributed by atoms with E-state index in [1.54, 1.807) is 6.92 Å². The third-order valence-corrected chi connectivity index (χ3v) is 5.69. The molecular weight excluding hydrogens is 358 g/mol. The number of carbonyl (C=O) groups is 2. The molecule has 2 aliphatic heterocycles. The summed E-state index contributed by atoms with van der Waals surface area (Å²) in [4.78, 5) is 23.6. The highest BCUT2D eigenvalue weighted by molar-refractivity contribution is 5.95. The van der Waals surface area contributed by atoms with Gasteiger partial charge in [-0.15, -0.1) is 0 Å². The summed E-state index contributed by atoms with van der Waals surface area (Å²) in [6.07, 6.45) is 5.57. The average Bonchev–Trinajstić information content (AvgIpc) is 3.14. The molecule has 2 saturated heterocycles. The summed E-state index contributed by atoms with van der Waals surface area (Å²) in [6.45, 7) is 2.45. The van der Waals surface area contributed by atoms with E-state index in [1.807, 2.05) is 0 Å². The highest BCUT2D eigenvalue weighted by Gasteiger charge is 2.50. The summed E-state index contributed by atoms with van der Waals surface area (Å²) in [7, 11) is 0. The maximum absolute atomic E-state index is 13.9. The second kappa shape index (κ2) is 8.78. The average molecular weight is 386 g/mol. The Kier molecular flexibility index (Phi) is 6.63. The molecular formula is C20H28F2O5. The number of halogens is 2. The van der Waals surface area contributed by atoms with Crippen molar-refractivity contribution in [3.63, 3.8) is 0 Å². The number of allylic oxidation sites excluding steroid dienone is 1. The normalized spacial score (nSPS) is 34.0. The molecule has 5 nitrogen and oxygen atoms in total. The number of alkyl halides is 2. The van der Waals surface area contributed by atoms with Crippen LogP contribution in [-0.2, 0) is 23.8 Å². The Balaban J connectivity index is 1.67. The van der Waals surface area contributed by atoms with E-state index in [1.165, 1.54) is 6.08 Å². The largest absolute Gasteiger partial charge is 0.462 e. The lowest BCUT2D eigenvalue weighted by Gasteiger charge is -2.28. The number of carbonyl (C=O) groups excluding carboxylic acids is 2. The molecule has 3 rings (SSSR count). The number of rotatable bonds is 8.